The van der Waals surface area contributed by atoms with Crippen LogP contribution in [0.5, 0.6) is 0 Å². The zero-order valence-corrected chi connectivity index (χ0v) is 8.02. The maximum absolute atomic E-state index is 5.68. The van der Waals surface area contributed by atoms with E-state index in [9.17, 15) is 0 Å². The molecule has 0 aliphatic rings. The number of anilines is 1. The van der Waals surface area contributed by atoms with Crippen LogP contribution in [0.2, 0.25) is 0 Å². The van der Waals surface area contributed by atoms with Crippen molar-refractivity contribution in [3.05, 3.63) is 29.3 Å². The molecular weight excluding hydrogens is 160 g/mol. The third kappa shape index (κ3) is 3.18. The molecule has 0 atom stereocenters. The van der Waals surface area contributed by atoms with Gasteiger partial charge in [0.15, 0.2) is 0 Å². The molecule has 13 heavy (non-hydrogen) atoms. The molecule has 0 spiro atoms. The van der Waals surface area contributed by atoms with Crippen molar-refractivity contribution >= 4 is 5.69 Å². The van der Waals surface area contributed by atoms with Gasteiger partial charge in [-0.15, -0.1) is 0 Å². The number of nitrogen functional groups attached to an aromatic ring is 1. The SMILES string of the molecule is CNCC#Cc1cc(C)cc(N)c1. The van der Waals surface area contributed by atoms with Gasteiger partial charge < -0.3 is 11.1 Å². The molecule has 0 saturated carbocycles. The maximum Gasteiger partial charge on any atom is 0.0577 e. The van der Waals surface area contributed by atoms with Crippen LogP contribution >= 0.6 is 0 Å². The van der Waals surface area contributed by atoms with E-state index in [4.69, 9.17) is 5.73 Å². The van der Waals surface area contributed by atoms with Gasteiger partial charge in [-0.1, -0.05) is 11.8 Å². The van der Waals surface area contributed by atoms with Crippen molar-refractivity contribution in [2.45, 2.75) is 6.92 Å². The second-order valence-electron chi connectivity index (χ2n) is 2.96. The smallest absolute Gasteiger partial charge is 0.0577 e. The summed E-state index contributed by atoms with van der Waals surface area (Å²) in [5.41, 5.74) is 8.58. The molecule has 0 amide bonds. The van der Waals surface area contributed by atoms with Gasteiger partial charge in [-0.05, 0) is 37.7 Å². The lowest BCUT2D eigenvalue weighted by Crippen LogP contribution is -2.04. The molecule has 3 N–H and O–H groups in total. The summed E-state index contributed by atoms with van der Waals surface area (Å²) in [6.07, 6.45) is 0. The first-order valence-corrected chi connectivity index (χ1v) is 4.23. The lowest BCUT2D eigenvalue weighted by atomic mass is 10.1. The topological polar surface area (TPSA) is 38.0 Å². The van der Waals surface area contributed by atoms with E-state index in [1.807, 2.05) is 32.2 Å². The van der Waals surface area contributed by atoms with Gasteiger partial charge in [0.05, 0.1) is 6.54 Å². The molecule has 0 heterocycles. The summed E-state index contributed by atoms with van der Waals surface area (Å²) in [5.74, 6) is 6.02. The first kappa shape index (κ1) is 9.63. The van der Waals surface area contributed by atoms with Crippen molar-refractivity contribution in [2.24, 2.45) is 0 Å². The van der Waals surface area contributed by atoms with Gasteiger partial charge >= 0.3 is 0 Å². The van der Waals surface area contributed by atoms with Gasteiger partial charge in [-0.25, -0.2) is 0 Å². The monoisotopic (exact) mass is 174 g/mol. The Labute approximate surface area is 79.1 Å². The number of benzene rings is 1. The molecule has 0 aromatic heterocycles. The summed E-state index contributed by atoms with van der Waals surface area (Å²) >= 11 is 0. The molecule has 0 fully saturated rings. The van der Waals surface area contributed by atoms with Crippen LogP contribution < -0.4 is 11.1 Å². The predicted molar refractivity (Wildman–Crippen MR) is 56.4 cm³/mol. The fourth-order valence-electron chi connectivity index (χ4n) is 1.12. The molecule has 2 heteroatoms. The van der Waals surface area contributed by atoms with Crippen molar-refractivity contribution in [3.8, 4) is 11.8 Å². The van der Waals surface area contributed by atoms with Crippen molar-refractivity contribution in [2.75, 3.05) is 19.3 Å². The van der Waals surface area contributed by atoms with E-state index >= 15 is 0 Å². The van der Waals surface area contributed by atoms with Crippen LogP contribution in [0.15, 0.2) is 18.2 Å². The lowest BCUT2D eigenvalue weighted by Gasteiger charge is -1.97. The first-order chi connectivity index (χ1) is 6.22. The largest absolute Gasteiger partial charge is 0.399 e. The second-order valence-corrected chi connectivity index (χ2v) is 2.96. The Bertz CT molecular complexity index is 325. The summed E-state index contributed by atoms with van der Waals surface area (Å²) in [7, 11) is 1.87. The van der Waals surface area contributed by atoms with Crippen LogP contribution in [0.4, 0.5) is 5.69 Å². The van der Waals surface area contributed by atoms with E-state index in [2.05, 4.69) is 17.2 Å². The number of aryl methyl sites for hydroxylation is 1. The Morgan fingerprint density at radius 3 is 2.77 bits per heavy atom. The minimum atomic E-state index is 0.702. The van der Waals surface area contributed by atoms with Gasteiger partial charge in [0.25, 0.3) is 0 Å². The van der Waals surface area contributed by atoms with Gasteiger partial charge in [-0.3, -0.25) is 0 Å². The average molecular weight is 174 g/mol. The van der Waals surface area contributed by atoms with Crippen LogP contribution in [0.1, 0.15) is 11.1 Å². The van der Waals surface area contributed by atoms with Gasteiger partial charge in [0.2, 0.25) is 0 Å². The van der Waals surface area contributed by atoms with Gasteiger partial charge in [-0.2, -0.15) is 0 Å². The maximum atomic E-state index is 5.68. The van der Waals surface area contributed by atoms with Crippen molar-refractivity contribution in [1.82, 2.24) is 5.32 Å². The average Bonchev–Trinajstić information content (AvgIpc) is 2.03. The third-order valence-electron chi connectivity index (χ3n) is 1.60. The van der Waals surface area contributed by atoms with Crippen LogP contribution in [-0.2, 0) is 0 Å². The highest BCUT2D eigenvalue weighted by molar-refractivity contribution is 5.49. The van der Waals surface area contributed by atoms with E-state index in [0.717, 1.165) is 16.8 Å². The molecule has 0 saturated heterocycles. The number of nitrogens with one attached hydrogen (secondary N) is 1. The first-order valence-electron chi connectivity index (χ1n) is 4.23. The molecule has 0 radical (unpaired) electrons. The lowest BCUT2D eigenvalue weighted by molar-refractivity contribution is 0.938. The Morgan fingerprint density at radius 2 is 2.15 bits per heavy atom. The molecule has 1 rings (SSSR count). The Kier molecular flexibility index (Phi) is 3.36. The van der Waals surface area contributed by atoms with Crippen LogP contribution in [-0.4, -0.2) is 13.6 Å². The minimum Gasteiger partial charge on any atom is -0.399 e. The summed E-state index contributed by atoms with van der Waals surface area (Å²) in [6, 6.07) is 5.85. The van der Waals surface area contributed by atoms with E-state index in [1.165, 1.54) is 0 Å². The number of rotatable bonds is 1. The normalized spacial score (nSPS) is 9.08. The fraction of sp³-hybridized carbons (Fsp3) is 0.273. The Morgan fingerprint density at radius 1 is 1.38 bits per heavy atom. The number of nitrogens with two attached hydrogens (primary N) is 1. The second kappa shape index (κ2) is 4.54. The molecule has 1 aromatic rings. The van der Waals surface area contributed by atoms with Crippen molar-refractivity contribution in [3.63, 3.8) is 0 Å². The van der Waals surface area contributed by atoms with Crippen LogP contribution in [0.3, 0.4) is 0 Å². The van der Waals surface area contributed by atoms with Crippen LogP contribution in [0, 0.1) is 18.8 Å². The molecule has 0 aliphatic carbocycles. The molecule has 1 aromatic carbocycles. The van der Waals surface area contributed by atoms with E-state index in [1.54, 1.807) is 0 Å². The van der Waals surface area contributed by atoms with E-state index in [-0.39, 0.29) is 0 Å². The summed E-state index contributed by atoms with van der Waals surface area (Å²) in [6.45, 7) is 2.72. The van der Waals surface area contributed by atoms with Crippen molar-refractivity contribution in [1.29, 1.82) is 0 Å². The molecule has 68 valence electrons. The molecule has 0 unspecified atom stereocenters. The van der Waals surface area contributed by atoms with Gasteiger partial charge in [0, 0.05) is 11.3 Å². The molecule has 0 bridgehead atoms. The van der Waals surface area contributed by atoms with Gasteiger partial charge in [0.1, 0.15) is 0 Å². The predicted octanol–water partition coefficient (Wildman–Crippen LogP) is 1.15. The quantitative estimate of drug-likeness (QED) is 0.495. The van der Waals surface area contributed by atoms with Crippen LogP contribution in [0.25, 0.3) is 0 Å². The number of hydrogen-bond donors (Lipinski definition) is 2. The molecule has 2 nitrogen and oxygen atoms in total. The zero-order valence-electron chi connectivity index (χ0n) is 8.02. The molecular formula is C11H14N2. The highest BCUT2D eigenvalue weighted by Crippen LogP contribution is 2.09. The number of hydrogen-bond acceptors (Lipinski definition) is 2. The van der Waals surface area contributed by atoms with E-state index in [0.29, 0.717) is 6.54 Å². The summed E-state index contributed by atoms with van der Waals surface area (Å²) < 4.78 is 0. The summed E-state index contributed by atoms with van der Waals surface area (Å²) in [5, 5.41) is 2.96. The Hall–Kier alpha value is -1.46. The molecule has 0 aliphatic heterocycles. The van der Waals surface area contributed by atoms with E-state index < -0.39 is 0 Å². The zero-order chi connectivity index (χ0) is 9.68. The van der Waals surface area contributed by atoms with Crippen molar-refractivity contribution < 1.29 is 0 Å². The Balaban J connectivity index is 2.85. The standard InChI is InChI=1S/C11H14N2/c1-9-6-10(4-3-5-13-2)8-11(12)7-9/h6-8,13H,5,12H2,1-2H3. The third-order valence-corrected chi connectivity index (χ3v) is 1.60. The minimum absolute atomic E-state index is 0.702. The highest BCUT2D eigenvalue weighted by Gasteiger charge is 1.91. The summed E-state index contributed by atoms with van der Waals surface area (Å²) in [4.78, 5) is 0. The fourth-order valence-corrected chi connectivity index (χ4v) is 1.12. The highest BCUT2D eigenvalue weighted by atomic mass is 14.8.